The predicted octanol–water partition coefficient (Wildman–Crippen LogP) is 3.26. The van der Waals surface area contributed by atoms with Crippen molar-refractivity contribution in [2.45, 2.75) is 56.8 Å². The molecule has 0 spiro atoms. The number of hydrogen-bond donors (Lipinski definition) is 0. The van der Waals surface area contributed by atoms with Gasteiger partial charge in [0.15, 0.2) is 5.12 Å². The molecule has 9 heteroatoms. The third kappa shape index (κ3) is 8.03. The average Bonchev–Trinajstić information content (AvgIpc) is 2.59. The molecule has 0 heterocycles. The first-order valence-electron chi connectivity index (χ1n) is 7.38. The molecular formula is C13H23N3O4S2. The Kier molecular flexibility index (Phi) is 8.24. The van der Waals surface area contributed by atoms with Crippen LogP contribution in [0.1, 0.15) is 45.4 Å². The third-order valence-corrected chi connectivity index (χ3v) is 5.51. The molecule has 1 fully saturated rings. The van der Waals surface area contributed by atoms with Crippen LogP contribution in [-0.2, 0) is 19.1 Å². The van der Waals surface area contributed by atoms with Gasteiger partial charge in [-0.05, 0) is 30.7 Å². The number of azide groups is 1. The highest BCUT2D eigenvalue weighted by Gasteiger charge is 2.29. The SMILES string of the molecule is CC(=O)S[C@@H]1CCCCC[C@H]1CC(CN=[N+]=[N-])OS(C)(=O)=O. The van der Waals surface area contributed by atoms with E-state index in [4.69, 9.17) is 9.71 Å². The molecule has 1 rings (SSSR count). The van der Waals surface area contributed by atoms with Crippen LogP contribution < -0.4 is 0 Å². The molecule has 0 aromatic carbocycles. The van der Waals surface area contributed by atoms with Crippen molar-refractivity contribution in [3.8, 4) is 0 Å². The van der Waals surface area contributed by atoms with Crippen LogP contribution >= 0.6 is 11.8 Å². The third-order valence-electron chi connectivity index (χ3n) is 3.63. The number of thioether (sulfide) groups is 1. The van der Waals surface area contributed by atoms with Gasteiger partial charge in [0.05, 0.1) is 18.9 Å². The molecule has 0 bridgehead atoms. The maximum atomic E-state index is 11.4. The normalized spacial score (nSPS) is 24.1. The monoisotopic (exact) mass is 349 g/mol. The highest BCUT2D eigenvalue weighted by Crippen LogP contribution is 2.36. The van der Waals surface area contributed by atoms with Crippen molar-refractivity contribution in [1.82, 2.24) is 0 Å². The maximum absolute atomic E-state index is 11.4. The standard InChI is InChI=1S/C13H23N3O4S2/c1-10(17)21-13-7-5-3-4-6-11(13)8-12(9-15-16-14)20-22(2,18)19/h11-13H,3-9H2,1-2H3/t11-,12?,13+/m0/s1. The van der Waals surface area contributed by atoms with Gasteiger partial charge < -0.3 is 0 Å². The minimum absolute atomic E-state index is 0.0163. The van der Waals surface area contributed by atoms with Crippen molar-refractivity contribution in [3.63, 3.8) is 0 Å². The van der Waals surface area contributed by atoms with Crippen molar-refractivity contribution in [2.75, 3.05) is 12.8 Å². The summed E-state index contributed by atoms with van der Waals surface area (Å²) >= 11 is 1.33. The van der Waals surface area contributed by atoms with Gasteiger partial charge in [0.2, 0.25) is 0 Å². The van der Waals surface area contributed by atoms with Crippen molar-refractivity contribution in [3.05, 3.63) is 10.4 Å². The van der Waals surface area contributed by atoms with Gasteiger partial charge in [-0.1, -0.05) is 36.1 Å². The van der Waals surface area contributed by atoms with Gasteiger partial charge in [-0.3, -0.25) is 8.98 Å². The highest BCUT2D eigenvalue weighted by molar-refractivity contribution is 8.14. The Labute approximate surface area is 135 Å². The second-order valence-electron chi connectivity index (χ2n) is 5.62. The molecule has 0 radical (unpaired) electrons. The van der Waals surface area contributed by atoms with Gasteiger partial charge in [0.25, 0.3) is 10.1 Å². The van der Waals surface area contributed by atoms with Crippen LogP contribution in [-0.4, -0.2) is 37.7 Å². The van der Waals surface area contributed by atoms with E-state index in [0.717, 1.165) is 38.4 Å². The van der Waals surface area contributed by atoms with E-state index in [2.05, 4.69) is 10.0 Å². The average molecular weight is 349 g/mol. The van der Waals surface area contributed by atoms with E-state index in [-0.39, 0.29) is 22.8 Å². The van der Waals surface area contributed by atoms with E-state index in [0.29, 0.717) is 6.42 Å². The van der Waals surface area contributed by atoms with Crippen molar-refractivity contribution >= 4 is 27.0 Å². The van der Waals surface area contributed by atoms with E-state index >= 15 is 0 Å². The predicted molar refractivity (Wildman–Crippen MR) is 87.0 cm³/mol. The van der Waals surface area contributed by atoms with Crippen LogP contribution in [0.15, 0.2) is 5.11 Å². The Morgan fingerprint density at radius 1 is 1.41 bits per heavy atom. The fourth-order valence-corrected chi connectivity index (χ4v) is 4.63. The molecule has 0 saturated heterocycles. The Hall–Kier alpha value is -0.760. The Balaban J connectivity index is 2.80. The summed E-state index contributed by atoms with van der Waals surface area (Å²) in [7, 11) is -3.61. The lowest BCUT2D eigenvalue weighted by Gasteiger charge is -2.27. The molecule has 0 aromatic rings. The molecule has 126 valence electrons. The molecule has 0 aliphatic heterocycles. The van der Waals surface area contributed by atoms with Crippen LogP contribution in [0.5, 0.6) is 0 Å². The molecule has 0 amide bonds. The summed E-state index contributed by atoms with van der Waals surface area (Å²) in [4.78, 5) is 14.1. The molecule has 1 aliphatic carbocycles. The van der Waals surface area contributed by atoms with Crippen LogP contribution in [0, 0.1) is 5.92 Å². The lowest BCUT2D eigenvalue weighted by molar-refractivity contribution is -0.109. The first-order valence-corrected chi connectivity index (χ1v) is 10.1. The second-order valence-corrected chi connectivity index (χ2v) is 8.63. The van der Waals surface area contributed by atoms with Gasteiger partial charge in [-0.25, -0.2) is 0 Å². The van der Waals surface area contributed by atoms with Gasteiger partial charge in [-0.2, -0.15) is 8.42 Å². The Morgan fingerprint density at radius 3 is 2.68 bits per heavy atom. The van der Waals surface area contributed by atoms with Crippen LogP contribution in [0.3, 0.4) is 0 Å². The Bertz CT molecular complexity index is 517. The largest absolute Gasteiger partial charge is 0.288 e. The zero-order chi connectivity index (χ0) is 16.6. The lowest BCUT2D eigenvalue weighted by atomic mass is 9.93. The van der Waals surface area contributed by atoms with Crippen LogP contribution in [0.2, 0.25) is 0 Å². The number of nitrogens with zero attached hydrogens (tertiary/aromatic N) is 3. The summed E-state index contributed by atoms with van der Waals surface area (Å²) in [5.74, 6) is 0.192. The number of rotatable bonds is 7. The van der Waals surface area contributed by atoms with E-state index in [9.17, 15) is 13.2 Å². The molecule has 0 N–H and O–H groups in total. The van der Waals surface area contributed by atoms with E-state index in [1.165, 1.54) is 11.8 Å². The fraction of sp³-hybridized carbons (Fsp3) is 0.923. The summed E-state index contributed by atoms with van der Waals surface area (Å²) in [5.41, 5.74) is 8.44. The number of carbonyl (C=O) groups is 1. The smallest absolute Gasteiger partial charge is 0.264 e. The van der Waals surface area contributed by atoms with Crippen LogP contribution in [0.25, 0.3) is 10.4 Å². The molecule has 0 aromatic heterocycles. The molecule has 3 atom stereocenters. The van der Waals surface area contributed by atoms with Crippen molar-refractivity contribution in [1.29, 1.82) is 0 Å². The second kappa shape index (κ2) is 9.39. The number of hydrogen-bond acceptors (Lipinski definition) is 6. The zero-order valence-electron chi connectivity index (χ0n) is 13.0. The fourth-order valence-electron chi connectivity index (χ4n) is 2.85. The van der Waals surface area contributed by atoms with E-state index < -0.39 is 16.2 Å². The first kappa shape index (κ1) is 19.3. The number of carbonyl (C=O) groups excluding carboxylic acids is 1. The summed E-state index contributed by atoms with van der Waals surface area (Å²) < 4.78 is 27.8. The molecule has 1 unspecified atom stereocenters. The van der Waals surface area contributed by atoms with Gasteiger partial charge in [0, 0.05) is 17.1 Å². The topological polar surface area (TPSA) is 109 Å². The molecular weight excluding hydrogens is 326 g/mol. The summed E-state index contributed by atoms with van der Waals surface area (Å²) in [6, 6.07) is 0. The first-order chi connectivity index (χ1) is 10.3. The zero-order valence-corrected chi connectivity index (χ0v) is 14.6. The molecule has 1 saturated carbocycles. The lowest BCUT2D eigenvalue weighted by Crippen LogP contribution is -2.28. The molecule has 22 heavy (non-hydrogen) atoms. The van der Waals surface area contributed by atoms with E-state index in [1.807, 2.05) is 0 Å². The van der Waals surface area contributed by atoms with Crippen LogP contribution in [0.4, 0.5) is 0 Å². The summed E-state index contributed by atoms with van der Waals surface area (Å²) in [5, 5.41) is 3.70. The summed E-state index contributed by atoms with van der Waals surface area (Å²) in [6.07, 6.45) is 5.96. The summed E-state index contributed by atoms with van der Waals surface area (Å²) in [6.45, 7) is 1.54. The minimum atomic E-state index is -3.61. The molecule has 7 nitrogen and oxygen atoms in total. The Morgan fingerprint density at radius 2 is 2.09 bits per heavy atom. The van der Waals surface area contributed by atoms with Crippen molar-refractivity contribution in [2.24, 2.45) is 11.0 Å². The molecule has 1 aliphatic rings. The van der Waals surface area contributed by atoms with Gasteiger partial charge in [0.1, 0.15) is 0 Å². The maximum Gasteiger partial charge on any atom is 0.264 e. The minimum Gasteiger partial charge on any atom is -0.288 e. The van der Waals surface area contributed by atoms with E-state index in [1.54, 1.807) is 6.92 Å². The quantitative estimate of drug-likeness (QED) is 0.230. The highest BCUT2D eigenvalue weighted by atomic mass is 32.2. The van der Waals surface area contributed by atoms with Gasteiger partial charge >= 0.3 is 0 Å². The van der Waals surface area contributed by atoms with Crippen molar-refractivity contribution < 1.29 is 17.4 Å². The van der Waals surface area contributed by atoms with Gasteiger partial charge in [-0.15, -0.1) is 0 Å².